The second kappa shape index (κ2) is 6.85. The van der Waals surface area contributed by atoms with Gasteiger partial charge < -0.3 is 9.73 Å². The number of fused-ring (bicyclic) bond motifs is 3. The van der Waals surface area contributed by atoms with Gasteiger partial charge in [0.25, 0.3) is 5.91 Å². The highest BCUT2D eigenvalue weighted by Crippen LogP contribution is 2.25. The van der Waals surface area contributed by atoms with E-state index < -0.39 is 0 Å². The third kappa shape index (κ3) is 2.94. The first kappa shape index (κ1) is 18.1. The fourth-order valence-corrected chi connectivity index (χ4v) is 3.81. The molecule has 0 bridgehead atoms. The Balaban J connectivity index is 1.58. The van der Waals surface area contributed by atoms with E-state index >= 15 is 0 Å². The molecule has 0 radical (unpaired) electrons. The van der Waals surface area contributed by atoms with Crippen LogP contribution in [0.15, 0.2) is 82.0 Å². The van der Waals surface area contributed by atoms with Crippen molar-refractivity contribution in [2.75, 3.05) is 5.32 Å². The van der Waals surface area contributed by atoms with E-state index in [1.807, 2.05) is 62.4 Å². The molecule has 0 aliphatic carbocycles. The zero-order valence-corrected chi connectivity index (χ0v) is 16.7. The summed E-state index contributed by atoms with van der Waals surface area (Å²) in [6, 6.07) is 22.3. The molecule has 0 saturated carbocycles. The number of amides is 1. The Kier molecular flexibility index (Phi) is 4.14. The van der Waals surface area contributed by atoms with E-state index in [0.29, 0.717) is 33.2 Å². The van der Waals surface area contributed by atoms with Crippen molar-refractivity contribution in [2.45, 2.75) is 13.8 Å². The van der Waals surface area contributed by atoms with Crippen LogP contribution in [0.4, 0.5) is 5.69 Å². The molecule has 5 rings (SSSR count). The van der Waals surface area contributed by atoms with Gasteiger partial charge in [0, 0.05) is 17.3 Å². The molecule has 4 nitrogen and oxygen atoms in total. The Labute approximate surface area is 172 Å². The molecule has 0 atom stereocenters. The van der Waals surface area contributed by atoms with Gasteiger partial charge in [0.2, 0.25) is 5.43 Å². The normalized spacial score (nSPS) is 11.3. The highest BCUT2D eigenvalue weighted by atomic mass is 16.3. The van der Waals surface area contributed by atoms with Gasteiger partial charge in [0.15, 0.2) is 0 Å². The number of nitrogens with one attached hydrogen (secondary N) is 1. The molecule has 4 heteroatoms. The molecule has 0 saturated heterocycles. The van der Waals surface area contributed by atoms with Gasteiger partial charge in [-0.15, -0.1) is 0 Å². The van der Waals surface area contributed by atoms with Gasteiger partial charge in [-0.1, -0.05) is 36.4 Å². The molecular formula is C26H19NO3. The van der Waals surface area contributed by atoms with Gasteiger partial charge in [-0.3, -0.25) is 9.59 Å². The van der Waals surface area contributed by atoms with Gasteiger partial charge in [0.1, 0.15) is 11.2 Å². The van der Waals surface area contributed by atoms with Gasteiger partial charge >= 0.3 is 0 Å². The summed E-state index contributed by atoms with van der Waals surface area (Å²) in [6.45, 7) is 3.96. The van der Waals surface area contributed by atoms with Crippen molar-refractivity contribution in [2.24, 2.45) is 0 Å². The third-order valence-electron chi connectivity index (χ3n) is 5.58. The van der Waals surface area contributed by atoms with Crippen molar-refractivity contribution in [1.29, 1.82) is 0 Å². The van der Waals surface area contributed by atoms with Crippen molar-refractivity contribution < 1.29 is 9.21 Å². The molecule has 0 unspecified atom stereocenters. The van der Waals surface area contributed by atoms with Crippen LogP contribution in [0, 0.1) is 13.8 Å². The Morgan fingerprint density at radius 2 is 1.50 bits per heavy atom. The predicted octanol–water partition coefficient (Wildman–Crippen LogP) is 5.97. The number of carbonyl (C=O) groups excluding carboxylic acids is 1. The summed E-state index contributed by atoms with van der Waals surface area (Å²) in [4.78, 5) is 25.8. The van der Waals surface area contributed by atoms with Gasteiger partial charge in [0.05, 0.1) is 10.8 Å². The molecule has 1 N–H and O–H groups in total. The summed E-state index contributed by atoms with van der Waals surface area (Å²) < 4.78 is 6.01. The zero-order valence-electron chi connectivity index (χ0n) is 16.7. The molecular weight excluding hydrogens is 374 g/mol. The number of hydrogen-bond donors (Lipinski definition) is 1. The van der Waals surface area contributed by atoms with Crippen molar-refractivity contribution in [1.82, 2.24) is 0 Å². The second-order valence-corrected chi connectivity index (χ2v) is 7.56. The number of carbonyl (C=O) groups is 1. The minimum absolute atomic E-state index is 0.0683. The van der Waals surface area contributed by atoms with Gasteiger partial charge in [-0.2, -0.15) is 0 Å². The quantitative estimate of drug-likeness (QED) is 0.376. The molecule has 0 spiro atoms. The zero-order chi connectivity index (χ0) is 20.8. The van der Waals surface area contributed by atoms with Crippen LogP contribution < -0.4 is 10.7 Å². The maximum absolute atomic E-state index is 12.9. The first-order chi connectivity index (χ1) is 14.5. The summed E-state index contributed by atoms with van der Waals surface area (Å²) >= 11 is 0. The van der Waals surface area contributed by atoms with E-state index in [-0.39, 0.29) is 11.3 Å². The maximum atomic E-state index is 12.9. The minimum Gasteiger partial charge on any atom is -0.456 e. The lowest BCUT2D eigenvalue weighted by molar-refractivity contribution is 0.102. The standard InChI is InChI=1S/C26H19NO3/c1-15-12-22-23(13-16(15)2)30-24-14-18(10-11-21(24)25(22)28)27-26(29)20-9-5-7-17-6-3-4-8-19(17)20/h3-14H,1-2H3,(H,27,29). The Morgan fingerprint density at radius 3 is 2.37 bits per heavy atom. The number of rotatable bonds is 2. The molecule has 5 aromatic rings. The largest absolute Gasteiger partial charge is 0.456 e. The Morgan fingerprint density at radius 1 is 0.767 bits per heavy atom. The van der Waals surface area contributed by atoms with E-state index in [0.717, 1.165) is 21.9 Å². The number of anilines is 1. The minimum atomic E-state index is -0.208. The highest BCUT2D eigenvalue weighted by Gasteiger charge is 2.13. The third-order valence-corrected chi connectivity index (χ3v) is 5.58. The fraction of sp³-hybridized carbons (Fsp3) is 0.0769. The first-order valence-electron chi connectivity index (χ1n) is 9.78. The van der Waals surface area contributed by atoms with E-state index in [1.165, 1.54) is 0 Å². The predicted molar refractivity (Wildman–Crippen MR) is 121 cm³/mol. The molecule has 1 amide bonds. The van der Waals surface area contributed by atoms with Crippen molar-refractivity contribution in [3.63, 3.8) is 0 Å². The van der Waals surface area contributed by atoms with E-state index in [1.54, 1.807) is 24.3 Å². The average Bonchev–Trinajstić information content (AvgIpc) is 2.75. The molecule has 1 aromatic heterocycles. The SMILES string of the molecule is Cc1cc2oc3cc(NC(=O)c4cccc5ccccc45)ccc3c(=O)c2cc1C. The lowest BCUT2D eigenvalue weighted by atomic mass is 10.0. The van der Waals surface area contributed by atoms with Crippen LogP contribution in [0.5, 0.6) is 0 Å². The van der Waals surface area contributed by atoms with Crippen LogP contribution in [-0.2, 0) is 0 Å². The summed E-state index contributed by atoms with van der Waals surface area (Å²) in [7, 11) is 0. The van der Waals surface area contributed by atoms with Crippen LogP contribution in [0.25, 0.3) is 32.7 Å². The molecule has 4 aromatic carbocycles. The summed E-state index contributed by atoms with van der Waals surface area (Å²) in [5.41, 5.74) is 4.21. The van der Waals surface area contributed by atoms with E-state index in [9.17, 15) is 9.59 Å². The topological polar surface area (TPSA) is 59.3 Å². The van der Waals surface area contributed by atoms with Gasteiger partial charge in [-0.25, -0.2) is 0 Å². The summed E-state index contributed by atoms with van der Waals surface area (Å²) in [6.07, 6.45) is 0. The van der Waals surface area contributed by atoms with Crippen molar-refractivity contribution in [3.05, 3.63) is 99.7 Å². The molecule has 0 aliphatic heterocycles. The summed E-state index contributed by atoms with van der Waals surface area (Å²) in [5, 5.41) is 5.89. The lowest BCUT2D eigenvalue weighted by Crippen LogP contribution is -2.12. The molecule has 146 valence electrons. The van der Waals surface area contributed by atoms with Crippen LogP contribution in [0.3, 0.4) is 0 Å². The van der Waals surface area contributed by atoms with Crippen LogP contribution in [0.2, 0.25) is 0 Å². The summed E-state index contributed by atoms with van der Waals surface area (Å²) in [5.74, 6) is -0.208. The van der Waals surface area contributed by atoms with Crippen molar-refractivity contribution in [3.8, 4) is 0 Å². The highest BCUT2D eigenvalue weighted by molar-refractivity contribution is 6.13. The lowest BCUT2D eigenvalue weighted by Gasteiger charge is -2.09. The fourth-order valence-electron chi connectivity index (χ4n) is 3.81. The van der Waals surface area contributed by atoms with Crippen LogP contribution in [-0.4, -0.2) is 5.91 Å². The molecule has 1 heterocycles. The molecule has 0 fully saturated rings. The number of aryl methyl sites for hydroxylation is 2. The first-order valence-corrected chi connectivity index (χ1v) is 9.78. The van der Waals surface area contributed by atoms with Gasteiger partial charge in [-0.05, 0) is 66.1 Å². The maximum Gasteiger partial charge on any atom is 0.256 e. The number of hydrogen-bond acceptors (Lipinski definition) is 3. The number of benzene rings is 4. The van der Waals surface area contributed by atoms with E-state index in [2.05, 4.69) is 5.32 Å². The van der Waals surface area contributed by atoms with Crippen molar-refractivity contribution >= 4 is 44.3 Å². The average molecular weight is 393 g/mol. The van der Waals surface area contributed by atoms with Crippen LogP contribution >= 0.6 is 0 Å². The smallest absolute Gasteiger partial charge is 0.256 e. The molecule has 0 aliphatic rings. The molecule has 30 heavy (non-hydrogen) atoms. The monoisotopic (exact) mass is 393 g/mol. The van der Waals surface area contributed by atoms with Crippen LogP contribution in [0.1, 0.15) is 21.5 Å². The second-order valence-electron chi connectivity index (χ2n) is 7.56. The van der Waals surface area contributed by atoms with E-state index in [4.69, 9.17) is 4.42 Å². The Hall–Kier alpha value is -3.92. The Bertz CT molecular complexity index is 1520.